The maximum Gasteiger partial charge on any atom is 0.0644 e. The van der Waals surface area contributed by atoms with E-state index in [1.54, 1.807) is 0 Å². The van der Waals surface area contributed by atoms with Crippen LogP contribution in [-0.2, 0) is 0 Å². The predicted octanol–water partition coefficient (Wildman–Crippen LogP) is 11.3. The van der Waals surface area contributed by atoms with Crippen molar-refractivity contribution in [3.05, 3.63) is 170 Å². The van der Waals surface area contributed by atoms with E-state index in [0.717, 1.165) is 17.1 Å². The third-order valence-electron chi connectivity index (χ3n) is 8.32. The Kier molecular flexibility index (Phi) is 6.16. The van der Waals surface area contributed by atoms with E-state index in [1.165, 1.54) is 54.6 Å². The highest BCUT2D eigenvalue weighted by molar-refractivity contribution is 6.23. The fourth-order valence-corrected chi connectivity index (χ4v) is 6.46. The third kappa shape index (κ3) is 4.32. The molecule has 8 aromatic rings. The van der Waals surface area contributed by atoms with Crippen molar-refractivity contribution in [1.29, 1.82) is 0 Å². The van der Waals surface area contributed by atoms with Crippen LogP contribution in [0.3, 0.4) is 0 Å². The van der Waals surface area contributed by atoms with Gasteiger partial charge in [0, 0.05) is 17.6 Å². The Bertz CT molecular complexity index is 2120. The monoisotopic (exact) mass is 548 g/mol. The first-order valence-corrected chi connectivity index (χ1v) is 14.6. The van der Waals surface area contributed by atoms with E-state index in [-0.39, 0.29) is 0 Å². The average Bonchev–Trinajstić information content (AvgIpc) is 3.08. The number of nitrogens with zero attached hydrogens (tertiary/aromatic N) is 2. The lowest BCUT2D eigenvalue weighted by Crippen LogP contribution is -2.09. The maximum absolute atomic E-state index is 4.40. The highest BCUT2D eigenvalue weighted by Crippen LogP contribution is 2.45. The molecule has 8 rings (SSSR count). The number of para-hydroxylation sites is 1. The summed E-state index contributed by atoms with van der Waals surface area (Å²) in [6.45, 7) is 0. The molecule has 0 bridgehead atoms. The zero-order valence-electron chi connectivity index (χ0n) is 23.6. The van der Waals surface area contributed by atoms with Gasteiger partial charge in [-0.05, 0) is 91.0 Å². The van der Waals surface area contributed by atoms with E-state index in [4.69, 9.17) is 0 Å². The van der Waals surface area contributed by atoms with Crippen molar-refractivity contribution in [3.63, 3.8) is 0 Å². The second-order valence-corrected chi connectivity index (χ2v) is 10.8. The molecule has 0 saturated carbocycles. The van der Waals surface area contributed by atoms with Crippen molar-refractivity contribution in [1.82, 2.24) is 4.98 Å². The molecule has 0 aliphatic carbocycles. The van der Waals surface area contributed by atoms with Crippen molar-refractivity contribution in [2.75, 3.05) is 4.90 Å². The van der Waals surface area contributed by atoms with Crippen molar-refractivity contribution in [3.8, 4) is 22.3 Å². The van der Waals surface area contributed by atoms with E-state index in [1.807, 2.05) is 24.5 Å². The second-order valence-electron chi connectivity index (χ2n) is 10.8. The number of fused-ring (bicyclic) bond motifs is 3. The zero-order chi connectivity index (χ0) is 28.6. The first kappa shape index (κ1) is 25.0. The number of benzene rings is 7. The topological polar surface area (TPSA) is 16.1 Å². The standard InChI is InChI=1S/C41H28N2/c1-2-14-31(15-3-1)43(33-16-11-27-42-28-33)32-25-23-30(24-26-32)40-36-18-6-8-20-38(36)41(39-21-9-7-19-37(39)40)35-22-10-13-29-12-4-5-17-34(29)35/h1-28H. The van der Waals surface area contributed by atoms with Gasteiger partial charge in [0.05, 0.1) is 11.9 Å². The number of rotatable bonds is 5. The molecule has 0 radical (unpaired) electrons. The lowest BCUT2D eigenvalue weighted by atomic mass is 9.85. The van der Waals surface area contributed by atoms with Gasteiger partial charge in [-0.25, -0.2) is 0 Å². The summed E-state index contributed by atoms with van der Waals surface area (Å²) >= 11 is 0. The van der Waals surface area contributed by atoms with Gasteiger partial charge in [-0.15, -0.1) is 0 Å². The van der Waals surface area contributed by atoms with E-state index in [9.17, 15) is 0 Å². The molecule has 0 saturated heterocycles. The van der Waals surface area contributed by atoms with Crippen molar-refractivity contribution >= 4 is 49.4 Å². The molecule has 1 heterocycles. The minimum absolute atomic E-state index is 1.02. The van der Waals surface area contributed by atoms with Crippen LogP contribution in [0.15, 0.2) is 170 Å². The molecule has 7 aromatic carbocycles. The van der Waals surface area contributed by atoms with Crippen LogP contribution in [0.25, 0.3) is 54.6 Å². The summed E-state index contributed by atoms with van der Waals surface area (Å²) in [5.41, 5.74) is 8.21. The van der Waals surface area contributed by atoms with Crippen molar-refractivity contribution < 1.29 is 0 Å². The summed E-state index contributed by atoms with van der Waals surface area (Å²) in [5.74, 6) is 0. The summed E-state index contributed by atoms with van der Waals surface area (Å²) in [6, 6.07) is 56.5. The van der Waals surface area contributed by atoms with Gasteiger partial charge in [0.15, 0.2) is 0 Å². The molecule has 0 aliphatic rings. The first-order chi connectivity index (χ1) is 21.4. The van der Waals surface area contributed by atoms with Gasteiger partial charge in [0.1, 0.15) is 0 Å². The number of anilines is 3. The number of aromatic nitrogens is 1. The molecule has 2 heteroatoms. The summed E-state index contributed by atoms with van der Waals surface area (Å²) < 4.78 is 0. The van der Waals surface area contributed by atoms with E-state index in [2.05, 4.69) is 155 Å². The van der Waals surface area contributed by atoms with Gasteiger partial charge in [-0.3, -0.25) is 4.98 Å². The van der Waals surface area contributed by atoms with Crippen LogP contribution in [-0.4, -0.2) is 4.98 Å². The Morgan fingerprint density at radius 2 is 0.907 bits per heavy atom. The maximum atomic E-state index is 4.40. The molecule has 0 atom stereocenters. The summed E-state index contributed by atoms with van der Waals surface area (Å²) in [5, 5.41) is 7.56. The van der Waals surface area contributed by atoms with Gasteiger partial charge >= 0.3 is 0 Å². The van der Waals surface area contributed by atoms with Crippen LogP contribution in [0.5, 0.6) is 0 Å². The number of hydrogen-bond donors (Lipinski definition) is 0. The first-order valence-electron chi connectivity index (χ1n) is 14.6. The lowest BCUT2D eigenvalue weighted by molar-refractivity contribution is 1.23. The molecule has 43 heavy (non-hydrogen) atoms. The van der Waals surface area contributed by atoms with Crippen LogP contribution in [0.2, 0.25) is 0 Å². The Hall–Kier alpha value is -5.73. The molecular formula is C41H28N2. The second kappa shape index (κ2) is 10.6. The van der Waals surface area contributed by atoms with Crippen LogP contribution in [0, 0.1) is 0 Å². The predicted molar refractivity (Wildman–Crippen MR) is 182 cm³/mol. The molecule has 202 valence electrons. The molecule has 0 amide bonds. The van der Waals surface area contributed by atoms with Crippen LogP contribution in [0.4, 0.5) is 17.1 Å². The largest absolute Gasteiger partial charge is 0.309 e. The van der Waals surface area contributed by atoms with Gasteiger partial charge in [-0.2, -0.15) is 0 Å². The minimum atomic E-state index is 1.02. The van der Waals surface area contributed by atoms with Crippen molar-refractivity contribution in [2.24, 2.45) is 0 Å². The molecule has 0 spiro atoms. The molecule has 0 N–H and O–H groups in total. The van der Waals surface area contributed by atoms with Crippen LogP contribution >= 0.6 is 0 Å². The zero-order valence-corrected chi connectivity index (χ0v) is 23.6. The minimum Gasteiger partial charge on any atom is -0.309 e. The molecular weight excluding hydrogens is 520 g/mol. The van der Waals surface area contributed by atoms with Gasteiger partial charge in [0.2, 0.25) is 0 Å². The van der Waals surface area contributed by atoms with Gasteiger partial charge in [0.25, 0.3) is 0 Å². The molecule has 0 fully saturated rings. The molecule has 0 unspecified atom stereocenters. The number of pyridine rings is 1. The molecule has 2 nitrogen and oxygen atoms in total. The third-order valence-corrected chi connectivity index (χ3v) is 8.32. The highest BCUT2D eigenvalue weighted by atomic mass is 15.1. The summed E-state index contributed by atoms with van der Waals surface area (Å²) in [4.78, 5) is 6.65. The molecule has 0 aliphatic heterocycles. The highest BCUT2D eigenvalue weighted by Gasteiger charge is 2.18. The normalized spacial score (nSPS) is 11.3. The van der Waals surface area contributed by atoms with Crippen LogP contribution in [0.1, 0.15) is 0 Å². The van der Waals surface area contributed by atoms with Crippen molar-refractivity contribution in [2.45, 2.75) is 0 Å². The van der Waals surface area contributed by atoms with E-state index >= 15 is 0 Å². The smallest absolute Gasteiger partial charge is 0.0644 e. The van der Waals surface area contributed by atoms with Crippen LogP contribution < -0.4 is 4.90 Å². The fraction of sp³-hybridized carbons (Fsp3) is 0. The molecule has 1 aromatic heterocycles. The quantitative estimate of drug-likeness (QED) is 0.199. The van der Waals surface area contributed by atoms with E-state index < -0.39 is 0 Å². The average molecular weight is 549 g/mol. The Labute approximate surface area is 251 Å². The fourth-order valence-electron chi connectivity index (χ4n) is 6.46. The Balaban J connectivity index is 1.35. The lowest BCUT2D eigenvalue weighted by Gasteiger charge is -2.25. The number of hydrogen-bond acceptors (Lipinski definition) is 2. The Morgan fingerprint density at radius 3 is 1.56 bits per heavy atom. The SMILES string of the molecule is c1ccc(N(c2ccc(-c3c4ccccc4c(-c4cccc5ccccc45)c4ccccc34)cc2)c2cccnc2)cc1. The Morgan fingerprint density at radius 1 is 0.372 bits per heavy atom. The summed E-state index contributed by atoms with van der Waals surface area (Å²) in [7, 11) is 0. The van der Waals surface area contributed by atoms with E-state index in [0.29, 0.717) is 0 Å². The van der Waals surface area contributed by atoms with Gasteiger partial charge < -0.3 is 4.90 Å². The summed E-state index contributed by atoms with van der Waals surface area (Å²) in [6.07, 6.45) is 3.72. The van der Waals surface area contributed by atoms with Gasteiger partial charge in [-0.1, -0.05) is 121 Å².